The number of hydrogen-bond donors (Lipinski definition) is 3. The molecular formula is C12H21N7O3S2. The number of aromatic nitrogens is 3. The first-order valence-electron chi connectivity index (χ1n) is 7.18. The molecule has 0 aliphatic heterocycles. The van der Waals surface area contributed by atoms with Crippen molar-refractivity contribution in [1.29, 1.82) is 0 Å². The Morgan fingerprint density at radius 1 is 1.12 bits per heavy atom. The van der Waals surface area contributed by atoms with Crippen molar-refractivity contribution >= 4 is 41.4 Å². The smallest absolute Gasteiger partial charge is 0.321 e. The summed E-state index contributed by atoms with van der Waals surface area (Å²) in [5.74, 6) is 5.54. The minimum Gasteiger partial charge on any atom is -0.343 e. The molecule has 134 valence electrons. The number of imide groups is 1. The molecule has 0 radical (unpaired) electrons. The van der Waals surface area contributed by atoms with E-state index in [1.807, 2.05) is 13.8 Å². The van der Waals surface area contributed by atoms with Gasteiger partial charge in [0.25, 0.3) is 0 Å². The highest BCUT2D eigenvalue weighted by atomic mass is 32.2. The predicted molar refractivity (Wildman–Crippen MR) is 92.1 cm³/mol. The zero-order chi connectivity index (χ0) is 18.1. The lowest BCUT2D eigenvalue weighted by Gasteiger charge is -2.17. The van der Waals surface area contributed by atoms with E-state index < -0.39 is 11.9 Å². The predicted octanol–water partition coefficient (Wildman–Crippen LogP) is -0.500. The molecular weight excluding hydrogens is 354 g/mol. The van der Waals surface area contributed by atoms with E-state index in [9.17, 15) is 14.4 Å². The van der Waals surface area contributed by atoms with Crippen molar-refractivity contribution in [2.75, 3.05) is 37.5 Å². The van der Waals surface area contributed by atoms with Crippen LogP contribution in [-0.2, 0) is 9.59 Å². The molecule has 1 rings (SSSR count). The molecule has 0 aliphatic carbocycles. The van der Waals surface area contributed by atoms with Gasteiger partial charge in [0, 0.05) is 20.1 Å². The Morgan fingerprint density at radius 2 is 1.67 bits per heavy atom. The second-order valence-electron chi connectivity index (χ2n) is 4.41. The van der Waals surface area contributed by atoms with Crippen molar-refractivity contribution in [3.63, 3.8) is 0 Å². The van der Waals surface area contributed by atoms with Crippen LogP contribution in [0, 0.1) is 0 Å². The molecule has 4 N–H and O–H groups in total. The lowest BCUT2D eigenvalue weighted by molar-refractivity contribution is -0.128. The van der Waals surface area contributed by atoms with E-state index in [0.717, 1.165) is 11.8 Å². The zero-order valence-electron chi connectivity index (χ0n) is 13.7. The monoisotopic (exact) mass is 375 g/mol. The van der Waals surface area contributed by atoms with Gasteiger partial charge >= 0.3 is 6.03 Å². The highest BCUT2D eigenvalue weighted by Crippen LogP contribution is 2.20. The van der Waals surface area contributed by atoms with E-state index in [4.69, 9.17) is 5.84 Å². The number of thioether (sulfide) groups is 2. The van der Waals surface area contributed by atoms with Gasteiger partial charge in [0.05, 0.1) is 11.5 Å². The molecule has 0 aromatic carbocycles. The van der Waals surface area contributed by atoms with Crippen LogP contribution in [0.5, 0.6) is 0 Å². The van der Waals surface area contributed by atoms with Crippen LogP contribution in [0.3, 0.4) is 0 Å². The second-order valence-corrected chi connectivity index (χ2v) is 6.29. The molecule has 0 unspecified atom stereocenters. The lowest BCUT2D eigenvalue weighted by atomic mass is 10.5. The number of carbonyl (C=O) groups is 3. The molecule has 0 atom stereocenters. The van der Waals surface area contributed by atoms with E-state index in [1.165, 1.54) is 23.5 Å². The zero-order valence-corrected chi connectivity index (χ0v) is 15.4. The molecule has 0 fully saturated rings. The summed E-state index contributed by atoms with van der Waals surface area (Å²) in [4.78, 5) is 36.2. The molecule has 0 bridgehead atoms. The van der Waals surface area contributed by atoms with Gasteiger partial charge in [-0.05, 0) is 13.8 Å². The van der Waals surface area contributed by atoms with E-state index in [2.05, 4.69) is 20.8 Å². The normalized spacial score (nSPS) is 10.3. The number of rotatable bonds is 8. The van der Waals surface area contributed by atoms with Crippen molar-refractivity contribution in [3.8, 4) is 0 Å². The Hall–Kier alpha value is -1.95. The fourth-order valence-corrected chi connectivity index (χ4v) is 3.08. The SMILES string of the molecule is CCN(CC)C(=O)CSc1nnc(SCC(=O)NC(=O)NC)n1N. The first kappa shape index (κ1) is 20.1. The van der Waals surface area contributed by atoms with Crippen LogP contribution in [-0.4, -0.2) is 69.3 Å². The summed E-state index contributed by atoms with van der Waals surface area (Å²) in [5.41, 5.74) is 0. The molecule has 1 heterocycles. The molecule has 0 saturated heterocycles. The molecule has 24 heavy (non-hydrogen) atoms. The first-order valence-corrected chi connectivity index (χ1v) is 9.15. The van der Waals surface area contributed by atoms with Crippen LogP contribution < -0.4 is 16.5 Å². The largest absolute Gasteiger partial charge is 0.343 e. The molecule has 10 nitrogen and oxygen atoms in total. The summed E-state index contributed by atoms with van der Waals surface area (Å²) in [7, 11) is 1.41. The van der Waals surface area contributed by atoms with Crippen LogP contribution in [0.15, 0.2) is 10.3 Å². The molecule has 1 aromatic heterocycles. The summed E-state index contributed by atoms with van der Waals surface area (Å²) in [6.45, 7) is 5.12. The fourth-order valence-electron chi connectivity index (χ4n) is 1.61. The first-order chi connectivity index (χ1) is 11.4. The second kappa shape index (κ2) is 10.0. The maximum Gasteiger partial charge on any atom is 0.321 e. The number of nitrogens with zero attached hydrogens (tertiary/aromatic N) is 4. The molecule has 4 amide bonds. The number of carbonyl (C=O) groups excluding carboxylic acids is 3. The summed E-state index contributed by atoms with van der Waals surface area (Å²) in [6.07, 6.45) is 0. The summed E-state index contributed by atoms with van der Waals surface area (Å²) < 4.78 is 1.22. The van der Waals surface area contributed by atoms with E-state index in [-0.39, 0.29) is 17.4 Å². The molecule has 0 saturated carbocycles. The Labute approximate surface area is 148 Å². The number of hydrogen-bond acceptors (Lipinski definition) is 8. The van der Waals surface area contributed by atoms with Gasteiger partial charge in [-0.3, -0.25) is 14.9 Å². The standard InChI is InChI=1S/C12H21N7O3S2/c1-4-18(5-2)9(21)7-24-12-17-16-11(19(12)13)23-6-8(20)15-10(22)14-3/h4-7,13H2,1-3H3,(H2,14,15,20,22). The van der Waals surface area contributed by atoms with Crippen LogP contribution in [0.25, 0.3) is 0 Å². The topological polar surface area (TPSA) is 135 Å². The summed E-state index contributed by atoms with van der Waals surface area (Å²) in [6, 6.07) is -0.582. The maximum atomic E-state index is 12.0. The number of urea groups is 1. The van der Waals surface area contributed by atoms with Gasteiger partial charge in [-0.25, -0.2) is 9.47 Å². The van der Waals surface area contributed by atoms with E-state index in [0.29, 0.717) is 23.4 Å². The average molecular weight is 375 g/mol. The van der Waals surface area contributed by atoms with Gasteiger partial charge in [-0.2, -0.15) is 0 Å². The van der Waals surface area contributed by atoms with E-state index in [1.54, 1.807) is 4.90 Å². The van der Waals surface area contributed by atoms with Gasteiger partial charge in [0.15, 0.2) is 0 Å². The van der Waals surface area contributed by atoms with Crippen molar-refractivity contribution in [2.24, 2.45) is 0 Å². The summed E-state index contributed by atoms with van der Waals surface area (Å²) >= 11 is 2.22. The van der Waals surface area contributed by atoms with E-state index >= 15 is 0 Å². The third-order valence-corrected chi connectivity index (χ3v) is 4.76. The number of nitrogens with one attached hydrogen (secondary N) is 2. The van der Waals surface area contributed by atoms with Gasteiger partial charge in [-0.15, -0.1) is 10.2 Å². The van der Waals surface area contributed by atoms with Crippen LogP contribution >= 0.6 is 23.5 Å². The van der Waals surface area contributed by atoms with Gasteiger partial charge in [-0.1, -0.05) is 23.5 Å². The summed E-state index contributed by atoms with van der Waals surface area (Å²) in [5, 5.41) is 12.9. The fraction of sp³-hybridized carbons (Fsp3) is 0.583. The number of nitrogen functional groups attached to an aromatic ring is 1. The van der Waals surface area contributed by atoms with Crippen LogP contribution in [0.2, 0.25) is 0 Å². The van der Waals surface area contributed by atoms with Gasteiger partial charge < -0.3 is 16.1 Å². The Balaban J connectivity index is 2.53. The minimum absolute atomic E-state index is 0.00726. The lowest BCUT2D eigenvalue weighted by Crippen LogP contribution is -2.38. The highest BCUT2D eigenvalue weighted by molar-refractivity contribution is 8.00. The quantitative estimate of drug-likeness (QED) is 0.409. The van der Waals surface area contributed by atoms with Crippen molar-refractivity contribution in [2.45, 2.75) is 24.2 Å². The minimum atomic E-state index is -0.582. The Kier molecular flexibility index (Phi) is 8.40. The van der Waals surface area contributed by atoms with Crippen molar-refractivity contribution in [3.05, 3.63) is 0 Å². The number of amides is 4. The third-order valence-electron chi connectivity index (χ3n) is 2.89. The molecule has 1 aromatic rings. The molecule has 0 spiro atoms. The van der Waals surface area contributed by atoms with Crippen LogP contribution in [0.1, 0.15) is 13.8 Å². The molecule has 12 heteroatoms. The average Bonchev–Trinajstić information content (AvgIpc) is 2.92. The highest BCUT2D eigenvalue weighted by Gasteiger charge is 2.16. The van der Waals surface area contributed by atoms with Crippen molar-refractivity contribution < 1.29 is 14.4 Å². The number of nitrogens with two attached hydrogens (primary N) is 1. The van der Waals surface area contributed by atoms with Crippen LogP contribution in [0.4, 0.5) is 4.79 Å². The molecule has 0 aliphatic rings. The van der Waals surface area contributed by atoms with Gasteiger partial charge in [0.1, 0.15) is 0 Å². The third kappa shape index (κ3) is 5.92. The maximum absolute atomic E-state index is 12.0. The van der Waals surface area contributed by atoms with Crippen molar-refractivity contribution in [1.82, 2.24) is 30.4 Å². The van der Waals surface area contributed by atoms with Gasteiger partial charge in [0.2, 0.25) is 22.1 Å². The Morgan fingerprint density at radius 3 is 2.17 bits per heavy atom. The Bertz CT molecular complexity index is 589.